The molecule has 0 aliphatic carbocycles. The Labute approximate surface area is 122 Å². The molecular weight excluding hydrogens is 279 g/mol. The van der Waals surface area contributed by atoms with Gasteiger partial charge in [-0.3, -0.25) is 0 Å². The highest BCUT2D eigenvalue weighted by atomic mass is 35.5. The van der Waals surface area contributed by atoms with E-state index in [1.807, 2.05) is 6.92 Å². The van der Waals surface area contributed by atoms with Crippen molar-refractivity contribution in [3.8, 4) is 5.75 Å². The van der Waals surface area contributed by atoms with E-state index in [9.17, 15) is 9.50 Å². The fourth-order valence-electron chi connectivity index (χ4n) is 1.88. The summed E-state index contributed by atoms with van der Waals surface area (Å²) in [4.78, 5) is 0. The van der Waals surface area contributed by atoms with Gasteiger partial charge in [-0.1, -0.05) is 42.8 Å². The lowest BCUT2D eigenvalue weighted by atomic mass is 10.0. The molecule has 2 nitrogen and oxygen atoms in total. The third-order valence-electron chi connectivity index (χ3n) is 2.94. The third kappa shape index (κ3) is 3.30. The second kappa shape index (κ2) is 6.73. The van der Waals surface area contributed by atoms with Gasteiger partial charge in [0.15, 0.2) is 0 Å². The maximum absolute atomic E-state index is 13.9. The minimum Gasteiger partial charge on any atom is -0.494 e. The molecule has 2 rings (SSSR count). The van der Waals surface area contributed by atoms with Crippen LogP contribution < -0.4 is 4.74 Å². The van der Waals surface area contributed by atoms with Gasteiger partial charge >= 0.3 is 0 Å². The minimum atomic E-state index is -1.05. The maximum Gasteiger partial charge on any atom is 0.147 e. The Bertz CT molecular complexity index is 569. The van der Waals surface area contributed by atoms with Crippen LogP contribution in [0.3, 0.4) is 0 Å². The Balaban J connectivity index is 2.20. The fourth-order valence-corrected chi connectivity index (χ4v) is 2.06. The number of aliphatic hydroxyl groups is 1. The highest BCUT2D eigenvalue weighted by Gasteiger charge is 2.16. The first-order valence-electron chi connectivity index (χ1n) is 6.48. The second-order valence-corrected chi connectivity index (χ2v) is 4.87. The molecule has 0 bridgehead atoms. The smallest absolute Gasteiger partial charge is 0.147 e. The standard InChI is InChI=1S/C16H16ClFO2/c1-2-10-20-12-8-6-11(7-9-12)16(19)13-4-3-5-14(17)15(13)18/h3-9,16,19H,2,10H2,1H3. The summed E-state index contributed by atoms with van der Waals surface area (Å²) in [5.41, 5.74) is 0.759. The molecule has 2 aromatic rings. The number of hydrogen-bond donors (Lipinski definition) is 1. The zero-order chi connectivity index (χ0) is 14.5. The molecule has 106 valence electrons. The monoisotopic (exact) mass is 294 g/mol. The Morgan fingerprint density at radius 2 is 1.90 bits per heavy atom. The highest BCUT2D eigenvalue weighted by Crippen LogP contribution is 2.28. The van der Waals surface area contributed by atoms with Gasteiger partial charge in [-0.05, 0) is 30.2 Å². The largest absolute Gasteiger partial charge is 0.494 e. The van der Waals surface area contributed by atoms with Crippen molar-refractivity contribution in [2.75, 3.05) is 6.61 Å². The molecule has 0 fully saturated rings. The van der Waals surface area contributed by atoms with Crippen LogP contribution in [0.2, 0.25) is 5.02 Å². The molecule has 4 heteroatoms. The lowest BCUT2D eigenvalue weighted by Crippen LogP contribution is -2.03. The quantitative estimate of drug-likeness (QED) is 0.888. The molecule has 1 atom stereocenters. The third-order valence-corrected chi connectivity index (χ3v) is 3.24. The Kier molecular flexibility index (Phi) is 4.99. The topological polar surface area (TPSA) is 29.5 Å². The molecule has 0 amide bonds. The summed E-state index contributed by atoms with van der Waals surface area (Å²) in [6.07, 6.45) is -0.119. The van der Waals surface area contributed by atoms with Gasteiger partial charge < -0.3 is 9.84 Å². The molecule has 0 heterocycles. The lowest BCUT2D eigenvalue weighted by molar-refractivity contribution is 0.215. The average Bonchev–Trinajstić information content (AvgIpc) is 2.48. The molecule has 0 saturated carbocycles. The van der Waals surface area contributed by atoms with E-state index >= 15 is 0 Å². The van der Waals surface area contributed by atoms with Crippen molar-refractivity contribution in [1.29, 1.82) is 0 Å². The Morgan fingerprint density at radius 1 is 1.20 bits per heavy atom. The van der Waals surface area contributed by atoms with Crippen LogP contribution in [0, 0.1) is 5.82 Å². The fraction of sp³-hybridized carbons (Fsp3) is 0.250. The number of hydrogen-bond acceptors (Lipinski definition) is 2. The van der Waals surface area contributed by atoms with Gasteiger partial charge in [-0.15, -0.1) is 0 Å². The molecule has 0 aliphatic rings. The van der Waals surface area contributed by atoms with E-state index in [4.69, 9.17) is 16.3 Å². The van der Waals surface area contributed by atoms with Gasteiger partial charge in [-0.2, -0.15) is 0 Å². The number of benzene rings is 2. The SMILES string of the molecule is CCCOc1ccc(C(O)c2cccc(Cl)c2F)cc1. The first-order chi connectivity index (χ1) is 9.63. The van der Waals surface area contributed by atoms with E-state index in [0.717, 1.165) is 12.2 Å². The first-order valence-corrected chi connectivity index (χ1v) is 6.86. The van der Waals surface area contributed by atoms with Crippen LogP contribution in [0.25, 0.3) is 0 Å². The molecule has 0 aliphatic heterocycles. The zero-order valence-corrected chi connectivity index (χ0v) is 11.9. The van der Waals surface area contributed by atoms with Gasteiger partial charge in [0.05, 0.1) is 11.6 Å². The Morgan fingerprint density at radius 3 is 2.55 bits per heavy atom. The molecule has 0 saturated heterocycles. The summed E-state index contributed by atoms with van der Waals surface area (Å²) in [5.74, 6) is 0.141. The number of ether oxygens (including phenoxy) is 1. The summed E-state index contributed by atoms with van der Waals surface area (Å²) in [6, 6.07) is 11.5. The predicted octanol–water partition coefficient (Wildman–Crippen LogP) is 4.35. The van der Waals surface area contributed by atoms with E-state index in [0.29, 0.717) is 12.2 Å². The number of rotatable bonds is 5. The van der Waals surface area contributed by atoms with Gasteiger partial charge in [-0.25, -0.2) is 4.39 Å². The summed E-state index contributed by atoms with van der Waals surface area (Å²) in [5, 5.41) is 10.2. The molecule has 1 unspecified atom stereocenters. The molecule has 0 radical (unpaired) electrons. The number of aliphatic hydroxyl groups excluding tert-OH is 1. The van der Waals surface area contributed by atoms with Crippen LogP contribution in [-0.4, -0.2) is 11.7 Å². The van der Waals surface area contributed by atoms with Gasteiger partial charge in [0, 0.05) is 5.56 Å². The zero-order valence-electron chi connectivity index (χ0n) is 11.1. The van der Waals surface area contributed by atoms with E-state index in [-0.39, 0.29) is 10.6 Å². The van der Waals surface area contributed by atoms with E-state index in [1.165, 1.54) is 12.1 Å². The van der Waals surface area contributed by atoms with Gasteiger partial charge in [0.1, 0.15) is 17.7 Å². The highest BCUT2D eigenvalue weighted by molar-refractivity contribution is 6.30. The average molecular weight is 295 g/mol. The first kappa shape index (κ1) is 14.8. The summed E-state index contributed by atoms with van der Waals surface area (Å²) < 4.78 is 19.3. The van der Waals surface area contributed by atoms with Crippen molar-refractivity contribution in [3.63, 3.8) is 0 Å². The van der Waals surface area contributed by atoms with E-state index < -0.39 is 11.9 Å². The summed E-state index contributed by atoms with van der Waals surface area (Å²) in [6.45, 7) is 2.67. The lowest BCUT2D eigenvalue weighted by Gasteiger charge is -2.14. The molecule has 0 spiro atoms. The minimum absolute atomic E-state index is 0.00412. The Hall–Kier alpha value is -1.58. The van der Waals surface area contributed by atoms with Crippen molar-refractivity contribution in [3.05, 3.63) is 64.4 Å². The van der Waals surface area contributed by atoms with Crippen molar-refractivity contribution >= 4 is 11.6 Å². The maximum atomic E-state index is 13.9. The van der Waals surface area contributed by atoms with Crippen molar-refractivity contribution in [2.45, 2.75) is 19.4 Å². The van der Waals surface area contributed by atoms with Crippen LogP contribution in [0.1, 0.15) is 30.6 Å². The molecule has 0 aromatic heterocycles. The van der Waals surface area contributed by atoms with Crippen LogP contribution in [0.4, 0.5) is 4.39 Å². The molecule has 2 aromatic carbocycles. The van der Waals surface area contributed by atoms with Gasteiger partial charge in [0.25, 0.3) is 0 Å². The molecular formula is C16H16ClFO2. The van der Waals surface area contributed by atoms with Crippen LogP contribution in [0.15, 0.2) is 42.5 Å². The second-order valence-electron chi connectivity index (χ2n) is 4.46. The van der Waals surface area contributed by atoms with Crippen LogP contribution >= 0.6 is 11.6 Å². The van der Waals surface area contributed by atoms with Gasteiger partial charge in [0.2, 0.25) is 0 Å². The van der Waals surface area contributed by atoms with Crippen LogP contribution in [-0.2, 0) is 0 Å². The van der Waals surface area contributed by atoms with Crippen LogP contribution in [0.5, 0.6) is 5.75 Å². The summed E-state index contributed by atoms with van der Waals surface area (Å²) in [7, 11) is 0. The van der Waals surface area contributed by atoms with Crippen molar-refractivity contribution in [2.24, 2.45) is 0 Å². The predicted molar refractivity (Wildman–Crippen MR) is 77.7 cm³/mol. The van der Waals surface area contributed by atoms with Crippen molar-refractivity contribution < 1.29 is 14.2 Å². The van der Waals surface area contributed by atoms with E-state index in [2.05, 4.69) is 0 Å². The normalized spacial score (nSPS) is 12.2. The van der Waals surface area contributed by atoms with Crippen molar-refractivity contribution in [1.82, 2.24) is 0 Å². The summed E-state index contributed by atoms with van der Waals surface area (Å²) >= 11 is 5.72. The molecule has 1 N–H and O–H groups in total. The van der Waals surface area contributed by atoms with E-state index in [1.54, 1.807) is 30.3 Å². The molecule has 20 heavy (non-hydrogen) atoms. The number of halogens is 2.